The van der Waals surface area contributed by atoms with Crippen molar-refractivity contribution in [2.45, 2.75) is 0 Å². The molecule has 0 aliphatic rings. The standard InChI is InChI=1S/C2H10N2O2P/c1-3-7(5,6)4-2/h3-6H,1-2H3/q+1. The molecule has 0 aromatic rings. The highest BCUT2D eigenvalue weighted by atomic mass is 31.2. The Balaban J connectivity index is 3.36. The van der Waals surface area contributed by atoms with Crippen LogP contribution in [-0.4, -0.2) is 23.9 Å². The van der Waals surface area contributed by atoms with Crippen LogP contribution in [0.25, 0.3) is 0 Å². The Morgan fingerprint density at radius 2 is 1.43 bits per heavy atom. The summed E-state index contributed by atoms with van der Waals surface area (Å²) in [5.74, 6) is 0. The second-order valence-corrected chi connectivity index (χ2v) is 3.15. The van der Waals surface area contributed by atoms with Gasteiger partial charge in [0.25, 0.3) is 0 Å². The zero-order valence-electron chi connectivity index (χ0n) is 4.34. The molecule has 4 nitrogen and oxygen atoms in total. The number of nitrogens with one attached hydrogen (secondary N) is 2. The average molecular weight is 125 g/mol. The van der Waals surface area contributed by atoms with Gasteiger partial charge in [-0.3, -0.25) is 0 Å². The van der Waals surface area contributed by atoms with E-state index >= 15 is 0 Å². The number of rotatable bonds is 2. The first-order chi connectivity index (χ1) is 3.12. The van der Waals surface area contributed by atoms with Crippen molar-refractivity contribution < 1.29 is 9.79 Å². The van der Waals surface area contributed by atoms with E-state index in [9.17, 15) is 0 Å². The summed E-state index contributed by atoms with van der Waals surface area (Å²) < 4.78 is 0. The topological polar surface area (TPSA) is 64.5 Å². The van der Waals surface area contributed by atoms with E-state index in [1.807, 2.05) is 0 Å². The van der Waals surface area contributed by atoms with Gasteiger partial charge in [-0.05, 0) is 0 Å². The number of hydrogen-bond donors (Lipinski definition) is 4. The molecular weight excluding hydrogens is 115 g/mol. The minimum absolute atomic E-state index is 1.48. The van der Waals surface area contributed by atoms with Gasteiger partial charge in [-0.2, -0.15) is 9.79 Å². The molecule has 0 spiro atoms. The average Bonchev–Trinajstić information content (AvgIpc) is 1.68. The lowest BCUT2D eigenvalue weighted by atomic mass is 11.6. The van der Waals surface area contributed by atoms with Crippen molar-refractivity contribution in [2.75, 3.05) is 14.1 Å². The Bertz CT molecular complexity index is 51.7. The van der Waals surface area contributed by atoms with Crippen molar-refractivity contribution in [3.63, 3.8) is 0 Å². The summed E-state index contributed by atoms with van der Waals surface area (Å²) in [5, 5.41) is 4.60. The van der Waals surface area contributed by atoms with Gasteiger partial charge in [0, 0.05) is 14.1 Å². The molecule has 44 valence electrons. The zero-order valence-corrected chi connectivity index (χ0v) is 5.24. The first kappa shape index (κ1) is 7.27. The molecule has 0 atom stereocenters. The molecule has 0 fully saturated rings. The molecule has 0 rings (SSSR count). The molecule has 7 heavy (non-hydrogen) atoms. The third-order valence-corrected chi connectivity index (χ3v) is 1.87. The highest BCUT2D eigenvalue weighted by Crippen LogP contribution is 2.36. The molecule has 0 amide bonds. The highest BCUT2D eigenvalue weighted by molar-refractivity contribution is 7.60. The van der Waals surface area contributed by atoms with Crippen LogP contribution in [0.3, 0.4) is 0 Å². The van der Waals surface area contributed by atoms with Crippen LogP contribution in [0.2, 0.25) is 0 Å². The van der Waals surface area contributed by atoms with Gasteiger partial charge >= 0.3 is 8.02 Å². The largest absolute Gasteiger partial charge is 0.425 e. The van der Waals surface area contributed by atoms with Crippen LogP contribution >= 0.6 is 8.02 Å². The predicted octanol–water partition coefficient (Wildman–Crippen LogP) is -0.913. The van der Waals surface area contributed by atoms with E-state index in [1.165, 1.54) is 14.1 Å². The van der Waals surface area contributed by atoms with E-state index in [2.05, 4.69) is 10.2 Å². The Kier molecular flexibility index (Phi) is 2.64. The normalized spacial score (nSPS) is 12.0. The molecule has 4 N–H and O–H groups in total. The molecule has 0 heterocycles. The molecule has 0 aromatic heterocycles. The Labute approximate surface area is 43.2 Å². The van der Waals surface area contributed by atoms with Crippen molar-refractivity contribution in [3.05, 3.63) is 0 Å². The van der Waals surface area contributed by atoms with Crippen molar-refractivity contribution in [1.29, 1.82) is 0 Å². The smallest absolute Gasteiger partial charge is 0.187 e. The summed E-state index contributed by atoms with van der Waals surface area (Å²) in [6.07, 6.45) is 0. The zero-order chi connectivity index (χ0) is 5.91. The molecule has 0 saturated carbocycles. The fourth-order valence-electron chi connectivity index (χ4n) is 0.112. The van der Waals surface area contributed by atoms with Crippen LogP contribution < -0.4 is 10.2 Å². The van der Waals surface area contributed by atoms with E-state index in [4.69, 9.17) is 9.79 Å². The molecule has 0 aliphatic carbocycles. The molecule has 0 radical (unpaired) electrons. The maximum Gasteiger partial charge on any atom is 0.425 e. The first-order valence-corrected chi connectivity index (χ1v) is 3.54. The van der Waals surface area contributed by atoms with Crippen molar-refractivity contribution in [2.24, 2.45) is 0 Å². The third kappa shape index (κ3) is 2.91. The van der Waals surface area contributed by atoms with Crippen molar-refractivity contribution >= 4 is 8.02 Å². The van der Waals surface area contributed by atoms with Gasteiger partial charge in [0.2, 0.25) is 0 Å². The van der Waals surface area contributed by atoms with Crippen molar-refractivity contribution in [3.8, 4) is 0 Å². The Morgan fingerprint density at radius 1 is 1.14 bits per heavy atom. The summed E-state index contributed by atoms with van der Waals surface area (Å²) >= 11 is 0. The molecule has 0 aliphatic heterocycles. The summed E-state index contributed by atoms with van der Waals surface area (Å²) in [4.78, 5) is 17.2. The maximum absolute atomic E-state index is 8.58. The molecule has 0 aromatic carbocycles. The van der Waals surface area contributed by atoms with Gasteiger partial charge in [0.1, 0.15) is 0 Å². The second-order valence-electron chi connectivity index (χ2n) is 1.05. The van der Waals surface area contributed by atoms with Crippen LogP contribution in [0.5, 0.6) is 0 Å². The third-order valence-electron chi connectivity index (χ3n) is 0.624. The highest BCUT2D eigenvalue weighted by Gasteiger charge is 2.27. The number of hydrogen-bond acceptors (Lipinski definition) is 4. The van der Waals surface area contributed by atoms with Crippen LogP contribution in [0.4, 0.5) is 0 Å². The monoisotopic (exact) mass is 125 g/mol. The van der Waals surface area contributed by atoms with Gasteiger partial charge in [0.15, 0.2) is 0 Å². The predicted molar refractivity (Wildman–Crippen MR) is 29.5 cm³/mol. The quantitative estimate of drug-likeness (QED) is 0.361. The lowest BCUT2D eigenvalue weighted by Gasteiger charge is -2.04. The van der Waals surface area contributed by atoms with Gasteiger partial charge in [-0.15, -0.1) is 10.2 Å². The molecular formula is C2H10N2O2P+. The minimum atomic E-state index is -2.90. The van der Waals surface area contributed by atoms with Gasteiger partial charge < -0.3 is 0 Å². The second kappa shape index (κ2) is 2.55. The van der Waals surface area contributed by atoms with Gasteiger partial charge in [-0.25, -0.2) is 0 Å². The van der Waals surface area contributed by atoms with E-state index in [0.29, 0.717) is 0 Å². The lowest BCUT2D eigenvalue weighted by Crippen LogP contribution is -2.20. The SMILES string of the molecule is CN[P+](O)(O)NC. The molecule has 5 heteroatoms. The van der Waals surface area contributed by atoms with Gasteiger partial charge in [-0.1, -0.05) is 0 Å². The van der Waals surface area contributed by atoms with E-state index in [-0.39, 0.29) is 0 Å². The fraction of sp³-hybridized carbons (Fsp3) is 1.00. The summed E-state index contributed by atoms with van der Waals surface area (Å²) in [5.41, 5.74) is 0. The molecule has 0 bridgehead atoms. The van der Waals surface area contributed by atoms with Gasteiger partial charge in [0.05, 0.1) is 0 Å². The minimum Gasteiger partial charge on any atom is -0.187 e. The molecule has 0 saturated heterocycles. The Morgan fingerprint density at radius 3 is 1.43 bits per heavy atom. The summed E-state index contributed by atoms with van der Waals surface area (Å²) in [7, 11) is 0.0486. The summed E-state index contributed by atoms with van der Waals surface area (Å²) in [6, 6.07) is 0. The van der Waals surface area contributed by atoms with E-state index in [0.717, 1.165) is 0 Å². The van der Waals surface area contributed by atoms with Crippen LogP contribution in [0, 0.1) is 0 Å². The maximum atomic E-state index is 8.58. The fourth-order valence-corrected chi connectivity index (χ4v) is 0.335. The van der Waals surface area contributed by atoms with Crippen LogP contribution in [-0.2, 0) is 0 Å². The van der Waals surface area contributed by atoms with E-state index in [1.54, 1.807) is 0 Å². The van der Waals surface area contributed by atoms with Crippen LogP contribution in [0.15, 0.2) is 0 Å². The molecule has 0 unspecified atom stereocenters. The first-order valence-electron chi connectivity index (χ1n) is 1.85. The summed E-state index contributed by atoms with van der Waals surface area (Å²) in [6.45, 7) is 0. The van der Waals surface area contributed by atoms with Crippen LogP contribution in [0.1, 0.15) is 0 Å². The lowest BCUT2D eigenvalue weighted by molar-refractivity contribution is 0.424. The van der Waals surface area contributed by atoms with Crippen molar-refractivity contribution in [1.82, 2.24) is 10.2 Å². The Hall–Kier alpha value is 0.270. The van der Waals surface area contributed by atoms with E-state index < -0.39 is 8.02 Å².